The zero-order chi connectivity index (χ0) is 17.9. The van der Waals surface area contributed by atoms with Crippen molar-refractivity contribution in [1.82, 2.24) is 0 Å². The van der Waals surface area contributed by atoms with Gasteiger partial charge in [-0.05, 0) is 54.8 Å². The molecule has 0 N–H and O–H groups in total. The van der Waals surface area contributed by atoms with Crippen molar-refractivity contribution in [3.63, 3.8) is 0 Å². The minimum absolute atomic E-state index is 0.198. The number of sulfonamides is 1. The third-order valence-corrected chi connectivity index (χ3v) is 4.74. The number of carbonyl (C=O) groups excluding carboxylic acids is 1. The fourth-order valence-corrected chi connectivity index (χ4v) is 3.40. The predicted octanol–water partition coefficient (Wildman–Crippen LogP) is 3.06. The average Bonchev–Trinajstić information content (AvgIpc) is 2.50. The first kappa shape index (κ1) is 18.0. The topological polar surface area (TPSA) is 63.7 Å². The molecule has 0 heterocycles. The molecule has 0 amide bonds. The third kappa shape index (κ3) is 4.35. The lowest BCUT2D eigenvalue weighted by Crippen LogP contribution is -2.29. The van der Waals surface area contributed by atoms with Crippen LogP contribution in [0.4, 0.5) is 5.69 Å². The molecule has 0 saturated carbocycles. The second-order valence-electron chi connectivity index (χ2n) is 5.80. The fourth-order valence-electron chi connectivity index (χ4n) is 2.52. The van der Waals surface area contributed by atoms with E-state index < -0.39 is 16.0 Å². The highest BCUT2D eigenvalue weighted by atomic mass is 32.2. The maximum absolute atomic E-state index is 12.2. The van der Waals surface area contributed by atoms with E-state index in [1.165, 1.54) is 17.7 Å². The molecule has 0 aliphatic heterocycles. The van der Waals surface area contributed by atoms with E-state index in [9.17, 15) is 13.2 Å². The number of nitrogens with zero attached hydrogens (tertiary/aromatic N) is 1. The lowest BCUT2D eigenvalue weighted by atomic mass is 10.1. The third-order valence-electron chi connectivity index (χ3n) is 3.60. The molecule has 0 atom stereocenters. The molecule has 0 aliphatic carbocycles. The molecule has 2 aromatic carbocycles. The van der Waals surface area contributed by atoms with Crippen molar-refractivity contribution >= 4 is 21.7 Å². The summed E-state index contributed by atoms with van der Waals surface area (Å²) in [7, 11) is -2.12. The number of methoxy groups -OCH3 is 1. The van der Waals surface area contributed by atoms with Gasteiger partial charge >= 0.3 is 5.97 Å². The molecule has 6 heteroatoms. The van der Waals surface area contributed by atoms with Gasteiger partial charge in [0.15, 0.2) is 0 Å². The number of aryl methyl sites for hydroxylation is 2. The number of anilines is 1. The van der Waals surface area contributed by atoms with Crippen molar-refractivity contribution in [3.8, 4) is 0 Å². The van der Waals surface area contributed by atoms with Gasteiger partial charge in [-0.3, -0.25) is 4.31 Å². The van der Waals surface area contributed by atoms with Crippen LogP contribution in [-0.2, 0) is 21.3 Å². The van der Waals surface area contributed by atoms with Gasteiger partial charge < -0.3 is 4.74 Å². The molecular formula is C18H21NO4S. The molecule has 0 radical (unpaired) electrons. The molecule has 2 aromatic rings. The van der Waals surface area contributed by atoms with Crippen LogP contribution in [-0.4, -0.2) is 27.8 Å². The molecule has 0 aromatic heterocycles. The Morgan fingerprint density at radius 3 is 2.04 bits per heavy atom. The molecule has 24 heavy (non-hydrogen) atoms. The highest BCUT2D eigenvalue weighted by Gasteiger charge is 2.18. The molecule has 0 spiro atoms. The minimum atomic E-state index is -3.44. The van der Waals surface area contributed by atoms with E-state index in [4.69, 9.17) is 0 Å². The summed E-state index contributed by atoms with van der Waals surface area (Å²) >= 11 is 0. The molecule has 0 aliphatic rings. The van der Waals surface area contributed by atoms with E-state index >= 15 is 0 Å². The van der Waals surface area contributed by atoms with Gasteiger partial charge in [0.05, 0.1) is 31.2 Å². The summed E-state index contributed by atoms with van der Waals surface area (Å²) in [6, 6.07) is 12.4. The number of esters is 1. The smallest absolute Gasteiger partial charge is 0.337 e. The molecule has 0 unspecified atom stereocenters. The Bertz CT molecular complexity index is 822. The Kier molecular flexibility index (Phi) is 5.29. The van der Waals surface area contributed by atoms with Gasteiger partial charge in [0.25, 0.3) is 0 Å². The zero-order valence-electron chi connectivity index (χ0n) is 14.2. The molecule has 0 saturated heterocycles. The van der Waals surface area contributed by atoms with Crippen LogP contribution < -0.4 is 4.31 Å². The Labute approximate surface area is 142 Å². The lowest BCUT2D eigenvalue weighted by Gasteiger charge is -2.23. The second-order valence-corrected chi connectivity index (χ2v) is 7.71. The molecule has 128 valence electrons. The summed E-state index contributed by atoms with van der Waals surface area (Å²) in [5.41, 5.74) is 3.84. The van der Waals surface area contributed by atoms with Gasteiger partial charge in [0.2, 0.25) is 10.0 Å². The summed E-state index contributed by atoms with van der Waals surface area (Å²) in [6.45, 7) is 4.06. The summed E-state index contributed by atoms with van der Waals surface area (Å²) in [4.78, 5) is 11.5. The van der Waals surface area contributed by atoms with Crippen LogP contribution >= 0.6 is 0 Å². The van der Waals surface area contributed by atoms with E-state index in [0.717, 1.165) is 16.7 Å². The zero-order valence-corrected chi connectivity index (χ0v) is 15.1. The van der Waals surface area contributed by atoms with E-state index in [1.807, 2.05) is 32.0 Å². The minimum Gasteiger partial charge on any atom is -0.465 e. The Balaban J connectivity index is 2.35. The van der Waals surface area contributed by atoms with Gasteiger partial charge in [-0.2, -0.15) is 0 Å². The number of ether oxygens (including phenoxy) is 1. The number of benzene rings is 2. The maximum atomic E-state index is 12.2. The quantitative estimate of drug-likeness (QED) is 0.780. The van der Waals surface area contributed by atoms with Crippen molar-refractivity contribution < 1.29 is 17.9 Å². The first-order valence-corrected chi connectivity index (χ1v) is 9.29. The van der Waals surface area contributed by atoms with E-state index in [2.05, 4.69) is 4.74 Å². The van der Waals surface area contributed by atoms with E-state index in [1.54, 1.807) is 24.3 Å². The van der Waals surface area contributed by atoms with Crippen molar-refractivity contribution in [2.24, 2.45) is 0 Å². The van der Waals surface area contributed by atoms with Gasteiger partial charge in [-0.15, -0.1) is 0 Å². The Hall–Kier alpha value is -2.34. The number of carbonyl (C=O) groups is 1. The van der Waals surface area contributed by atoms with Crippen molar-refractivity contribution in [2.75, 3.05) is 17.7 Å². The SMILES string of the molecule is COC(=O)c1ccc(CN(c2cc(C)cc(C)c2)S(C)(=O)=O)cc1. The fraction of sp³-hybridized carbons (Fsp3) is 0.278. The summed E-state index contributed by atoms with van der Waals surface area (Å²) in [5, 5.41) is 0. The Morgan fingerprint density at radius 2 is 1.58 bits per heavy atom. The van der Waals surface area contributed by atoms with Gasteiger partial charge in [-0.25, -0.2) is 13.2 Å². The lowest BCUT2D eigenvalue weighted by molar-refractivity contribution is 0.0600. The highest BCUT2D eigenvalue weighted by molar-refractivity contribution is 7.92. The van der Waals surface area contributed by atoms with Crippen LogP contribution in [0.2, 0.25) is 0 Å². The average molecular weight is 347 g/mol. The summed E-state index contributed by atoms with van der Waals surface area (Å²) in [6.07, 6.45) is 1.19. The highest BCUT2D eigenvalue weighted by Crippen LogP contribution is 2.23. The van der Waals surface area contributed by atoms with Crippen LogP contribution in [0.1, 0.15) is 27.0 Å². The van der Waals surface area contributed by atoms with Gasteiger partial charge in [-0.1, -0.05) is 18.2 Å². The van der Waals surface area contributed by atoms with Crippen molar-refractivity contribution in [2.45, 2.75) is 20.4 Å². The normalized spacial score (nSPS) is 11.2. The summed E-state index contributed by atoms with van der Waals surface area (Å²) < 4.78 is 30.5. The molecule has 0 bridgehead atoms. The van der Waals surface area contributed by atoms with Crippen LogP contribution in [0.5, 0.6) is 0 Å². The largest absolute Gasteiger partial charge is 0.465 e. The number of hydrogen-bond acceptors (Lipinski definition) is 4. The number of rotatable bonds is 5. The molecular weight excluding hydrogens is 326 g/mol. The number of hydrogen-bond donors (Lipinski definition) is 0. The summed E-state index contributed by atoms with van der Waals surface area (Å²) in [5.74, 6) is -0.421. The van der Waals surface area contributed by atoms with Crippen LogP contribution in [0.25, 0.3) is 0 Å². The Morgan fingerprint density at radius 1 is 1.04 bits per heavy atom. The van der Waals surface area contributed by atoms with Crippen LogP contribution in [0.15, 0.2) is 42.5 Å². The first-order valence-electron chi connectivity index (χ1n) is 7.44. The maximum Gasteiger partial charge on any atom is 0.337 e. The van der Waals surface area contributed by atoms with E-state index in [0.29, 0.717) is 11.3 Å². The monoisotopic (exact) mass is 347 g/mol. The molecule has 2 rings (SSSR count). The van der Waals surface area contributed by atoms with E-state index in [-0.39, 0.29) is 6.54 Å². The molecule has 5 nitrogen and oxygen atoms in total. The van der Waals surface area contributed by atoms with Crippen molar-refractivity contribution in [3.05, 3.63) is 64.7 Å². The van der Waals surface area contributed by atoms with Crippen LogP contribution in [0, 0.1) is 13.8 Å². The van der Waals surface area contributed by atoms with Crippen molar-refractivity contribution in [1.29, 1.82) is 0 Å². The standard InChI is InChI=1S/C18H21NO4S/c1-13-9-14(2)11-17(10-13)19(24(4,21)22)12-15-5-7-16(8-6-15)18(20)23-3/h5-11H,12H2,1-4H3. The first-order chi connectivity index (χ1) is 11.2. The van der Waals surface area contributed by atoms with Gasteiger partial charge in [0, 0.05) is 0 Å². The predicted molar refractivity (Wildman–Crippen MR) is 94.7 cm³/mol. The second kappa shape index (κ2) is 7.05. The van der Waals surface area contributed by atoms with Gasteiger partial charge in [0.1, 0.15) is 0 Å². The molecule has 0 fully saturated rings. The van der Waals surface area contributed by atoms with Crippen LogP contribution in [0.3, 0.4) is 0 Å².